The number of hydrogen-bond acceptors (Lipinski definition) is 3. The molecule has 104 valence electrons. The zero-order valence-electron chi connectivity index (χ0n) is 11.6. The number of fused-ring (bicyclic) bond motifs is 1. The number of rotatable bonds is 4. The van der Waals surface area contributed by atoms with E-state index in [1.165, 1.54) is 6.42 Å². The van der Waals surface area contributed by atoms with Crippen LogP contribution in [-0.4, -0.2) is 23.5 Å². The fraction of sp³-hybridized carbons (Fsp3) is 0.375. The van der Waals surface area contributed by atoms with Crippen molar-refractivity contribution < 1.29 is 4.79 Å². The average molecular weight is 269 g/mol. The van der Waals surface area contributed by atoms with E-state index in [0.29, 0.717) is 11.7 Å². The third-order valence-electron chi connectivity index (χ3n) is 3.76. The molecule has 0 radical (unpaired) electrons. The second-order valence-electron chi connectivity index (χ2n) is 5.20. The normalized spacial score (nSPS) is 14.8. The van der Waals surface area contributed by atoms with E-state index in [0.717, 1.165) is 36.0 Å². The van der Waals surface area contributed by atoms with E-state index < -0.39 is 0 Å². The first-order valence-corrected chi connectivity index (χ1v) is 7.22. The summed E-state index contributed by atoms with van der Waals surface area (Å²) >= 11 is 0. The van der Waals surface area contributed by atoms with Crippen molar-refractivity contribution in [1.29, 1.82) is 0 Å². The largest absolute Gasteiger partial charge is 0.385 e. The molecule has 1 aromatic heterocycles. The molecule has 1 aliphatic rings. The van der Waals surface area contributed by atoms with Crippen LogP contribution < -0.4 is 10.6 Å². The Morgan fingerprint density at radius 1 is 1.35 bits per heavy atom. The van der Waals surface area contributed by atoms with Crippen LogP contribution in [0.15, 0.2) is 30.3 Å². The quantitative estimate of drug-likeness (QED) is 0.897. The summed E-state index contributed by atoms with van der Waals surface area (Å²) in [6, 6.07) is 10.1. The summed E-state index contributed by atoms with van der Waals surface area (Å²) in [4.78, 5) is 16.7. The molecule has 0 aliphatic heterocycles. The van der Waals surface area contributed by atoms with Gasteiger partial charge in [0.05, 0.1) is 5.52 Å². The zero-order chi connectivity index (χ0) is 13.9. The minimum atomic E-state index is -0.0698. The number of aromatic nitrogens is 1. The van der Waals surface area contributed by atoms with Gasteiger partial charge in [-0.2, -0.15) is 0 Å². The lowest BCUT2D eigenvalue weighted by molar-refractivity contribution is 0.0912. The molecule has 2 N–H and O–H groups in total. The lowest BCUT2D eigenvalue weighted by atomic mass is 9.93. The number of nitrogens with zero attached hydrogens (tertiary/aromatic N) is 1. The number of nitrogens with one attached hydrogen (secondary N) is 2. The van der Waals surface area contributed by atoms with E-state index in [2.05, 4.69) is 15.6 Å². The minimum Gasteiger partial charge on any atom is -0.385 e. The molecular formula is C16H19N3O. The predicted octanol–water partition coefficient (Wildman–Crippen LogP) is 2.95. The Kier molecular flexibility index (Phi) is 3.54. The fourth-order valence-electron chi connectivity index (χ4n) is 2.44. The monoisotopic (exact) mass is 269 g/mol. The minimum absolute atomic E-state index is 0.0698. The van der Waals surface area contributed by atoms with Gasteiger partial charge in [-0.1, -0.05) is 18.2 Å². The standard InChI is InChI=1S/C16H19N3O/c1-2-17-14-10-15(16(20)18-11-6-5-7-11)19-13-9-4-3-8-12(13)14/h3-4,8-11H,2,5-7H2,1H3,(H,17,19)(H,18,20). The van der Waals surface area contributed by atoms with Crippen molar-refractivity contribution in [1.82, 2.24) is 10.3 Å². The molecule has 1 saturated carbocycles. The molecule has 3 rings (SSSR count). The number of hydrogen-bond donors (Lipinski definition) is 2. The maximum absolute atomic E-state index is 12.2. The van der Waals surface area contributed by atoms with Crippen LogP contribution in [0.2, 0.25) is 0 Å². The van der Waals surface area contributed by atoms with Crippen LogP contribution >= 0.6 is 0 Å². The van der Waals surface area contributed by atoms with Crippen LogP contribution in [0.5, 0.6) is 0 Å². The molecule has 2 aromatic rings. The van der Waals surface area contributed by atoms with E-state index in [9.17, 15) is 4.79 Å². The summed E-state index contributed by atoms with van der Waals surface area (Å²) in [7, 11) is 0. The van der Waals surface area contributed by atoms with Crippen LogP contribution in [0.3, 0.4) is 0 Å². The van der Waals surface area contributed by atoms with Gasteiger partial charge in [0.2, 0.25) is 0 Å². The van der Waals surface area contributed by atoms with Gasteiger partial charge < -0.3 is 10.6 Å². The van der Waals surface area contributed by atoms with Crippen LogP contribution in [-0.2, 0) is 0 Å². The lowest BCUT2D eigenvalue weighted by Gasteiger charge is -2.26. The zero-order valence-corrected chi connectivity index (χ0v) is 11.6. The van der Waals surface area contributed by atoms with E-state index in [-0.39, 0.29) is 5.91 Å². The van der Waals surface area contributed by atoms with Crippen LogP contribution in [0.25, 0.3) is 10.9 Å². The Labute approximate surface area is 118 Å². The first-order chi connectivity index (χ1) is 9.78. The van der Waals surface area contributed by atoms with Crippen molar-refractivity contribution in [2.75, 3.05) is 11.9 Å². The van der Waals surface area contributed by atoms with Crippen LogP contribution in [0, 0.1) is 0 Å². The van der Waals surface area contributed by atoms with Crippen molar-refractivity contribution in [2.24, 2.45) is 0 Å². The van der Waals surface area contributed by atoms with Crippen molar-refractivity contribution >= 4 is 22.5 Å². The molecule has 1 aliphatic carbocycles. The Balaban J connectivity index is 1.95. The molecule has 0 saturated heterocycles. The van der Waals surface area contributed by atoms with Crippen molar-refractivity contribution in [2.45, 2.75) is 32.2 Å². The second kappa shape index (κ2) is 5.49. The molecule has 4 heteroatoms. The molecule has 0 atom stereocenters. The summed E-state index contributed by atoms with van der Waals surface area (Å²) in [6.07, 6.45) is 3.37. The molecule has 0 unspecified atom stereocenters. The molecule has 1 fully saturated rings. The number of para-hydroxylation sites is 1. The van der Waals surface area contributed by atoms with Gasteiger partial charge >= 0.3 is 0 Å². The summed E-state index contributed by atoms with van der Waals surface area (Å²) in [5.41, 5.74) is 2.31. The van der Waals surface area contributed by atoms with Gasteiger partial charge in [0.25, 0.3) is 5.91 Å². The molecular weight excluding hydrogens is 250 g/mol. The number of benzene rings is 1. The van der Waals surface area contributed by atoms with Gasteiger partial charge in [-0.05, 0) is 38.3 Å². The number of amides is 1. The summed E-state index contributed by atoms with van der Waals surface area (Å²) in [5, 5.41) is 7.40. The number of carbonyl (C=O) groups is 1. The van der Waals surface area contributed by atoms with Gasteiger partial charge in [0.15, 0.2) is 0 Å². The average Bonchev–Trinajstić information content (AvgIpc) is 2.43. The van der Waals surface area contributed by atoms with Gasteiger partial charge in [-0.3, -0.25) is 4.79 Å². The Hall–Kier alpha value is -2.10. The molecule has 1 heterocycles. The maximum atomic E-state index is 12.2. The Morgan fingerprint density at radius 2 is 2.15 bits per heavy atom. The molecule has 0 spiro atoms. The van der Waals surface area contributed by atoms with Gasteiger partial charge in [-0.15, -0.1) is 0 Å². The van der Waals surface area contributed by atoms with Gasteiger partial charge in [-0.25, -0.2) is 4.98 Å². The fourth-order valence-corrected chi connectivity index (χ4v) is 2.44. The van der Waals surface area contributed by atoms with E-state index in [1.54, 1.807) is 0 Å². The molecule has 20 heavy (non-hydrogen) atoms. The first-order valence-electron chi connectivity index (χ1n) is 7.22. The molecule has 0 bridgehead atoms. The summed E-state index contributed by atoms with van der Waals surface area (Å²) in [5.74, 6) is -0.0698. The molecule has 1 aromatic carbocycles. The van der Waals surface area contributed by atoms with Crippen LogP contribution in [0.4, 0.5) is 5.69 Å². The highest BCUT2D eigenvalue weighted by Crippen LogP contribution is 2.24. The SMILES string of the molecule is CCNc1cc(C(=O)NC2CCC2)nc2ccccc12. The third kappa shape index (κ3) is 2.46. The van der Waals surface area contributed by atoms with Gasteiger partial charge in [0.1, 0.15) is 5.69 Å². The highest BCUT2D eigenvalue weighted by Gasteiger charge is 2.21. The highest BCUT2D eigenvalue weighted by atomic mass is 16.1. The maximum Gasteiger partial charge on any atom is 0.270 e. The predicted molar refractivity (Wildman–Crippen MR) is 81.0 cm³/mol. The molecule has 4 nitrogen and oxygen atoms in total. The summed E-state index contributed by atoms with van der Waals surface area (Å²) in [6.45, 7) is 2.86. The van der Waals surface area contributed by atoms with Crippen molar-refractivity contribution in [3.05, 3.63) is 36.0 Å². The van der Waals surface area contributed by atoms with Gasteiger partial charge in [0, 0.05) is 23.7 Å². The number of carbonyl (C=O) groups excluding carboxylic acids is 1. The van der Waals surface area contributed by atoms with E-state index >= 15 is 0 Å². The topological polar surface area (TPSA) is 54.0 Å². The first kappa shape index (κ1) is 12.9. The van der Waals surface area contributed by atoms with Crippen LogP contribution in [0.1, 0.15) is 36.7 Å². The Morgan fingerprint density at radius 3 is 2.85 bits per heavy atom. The van der Waals surface area contributed by atoms with E-state index in [4.69, 9.17) is 0 Å². The lowest BCUT2D eigenvalue weighted by Crippen LogP contribution is -2.39. The highest BCUT2D eigenvalue weighted by molar-refractivity contribution is 5.99. The summed E-state index contributed by atoms with van der Waals surface area (Å²) < 4.78 is 0. The number of anilines is 1. The smallest absolute Gasteiger partial charge is 0.270 e. The second-order valence-corrected chi connectivity index (χ2v) is 5.20. The van der Waals surface area contributed by atoms with E-state index in [1.807, 2.05) is 37.3 Å². The number of pyridine rings is 1. The van der Waals surface area contributed by atoms with Crippen molar-refractivity contribution in [3.8, 4) is 0 Å². The van der Waals surface area contributed by atoms with Crippen molar-refractivity contribution in [3.63, 3.8) is 0 Å². The molecule has 1 amide bonds. The third-order valence-corrected chi connectivity index (χ3v) is 3.76. The Bertz CT molecular complexity index is 635.